The van der Waals surface area contributed by atoms with Crippen LogP contribution in [0.3, 0.4) is 0 Å². The molecule has 1 heteroatoms. The quantitative estimate of drug-likeness (QED) is 0.368. The molecular weight excluding hydrogens is 74.1 g/mol. The largest absolute Gasteiger partial charge is 0.169 e. The highest BCUT2D eigenvalue weighted by Crippen LogP contribution is 2.24. The van der Waals surface area contributed by atoms with E-state index in [4.69, 9.17) is 0 Å². The first-order valence-corrected chi connectivity index (χ1v) is 2.67. The molecule has 0 atom stereocenters. The molecule has 3 rings (SSSR count). The van der Waals surface area contributed by atoms with Crippen molar-refractivity contribution in [2.75, 3.05) is 19.6 Å². The van der Waals surface area contributed by atoms with Gasteiger partial charge in [-0.1, -0.05) is 0 Å². The lowest BCUT2D eigenvalue weighted by Gasteiger charge is -2.13. The maximum Gasteiger partial charge on any atom is 0.131 e. The summed E-state index contributed by atoms with van der Waals surface area (Å²) in [5.41, 5.74) is 0. The monoisotopic (exact) mass is 83.1 g/mol. The SMILES string of the molecule is C1C[N+]2CC1C2. The van der Waals surface area contributed by atoms with E-state index in [0.717, 1.165) is 5.92 Å². The lowest BCUT2D eigenvalue weighted by molar-refractivity contribution is 0.323. The molecule has 3 saturated heterocycles. The number of nitrogens with zero attached hydrogens (tertiary/aromatic N) is 1. The maximum absolute atomic E-state index is 2.50. The van der Waals surface area contributed by atoms with Crippen LogP contribution in [0.25, 0.3) is 0 Å². The second-order valence-electron chi connectivity index (χ2n) is 2.41. The van der Waals surface area contributed by atoms with E-state index in [0.29, 0.717) is 0 Å². The van der Waals surface area contributed by atoms with E-state index in [1.165, 1.54) is 26.1 Å². The summed E-state index contributed by atoms with van der Waals surface area (Å²) in [6.45, 7) is 4.23. The van der Waals surface area contributed by atoms with Gasteiger partial charge in [0.05, 0.1) is 5.92 Å². The predicted molar refractivity (Wildman–Crippen MR) is 24.8 cm³/mol. The van der Waals surface area contributed by atoms with Crippen LogP contribution in [0.4, 0.5) is 0 Å². The number of hydrogen-bond donors (Lipinski definition) is 0. The zero-order valence-electron chi connectivity index (χ0n) is 3.85. The molecule has 3 aliphatic rings. The molecule has 2 bridgehead atoms. The Labute approximate surface area is 37.9 Å². The van der Waals surface area contributed by atoms with Crippen molar-refractivity contribution in [2.45, 2.75) is 6.42 Å². The summed E-state index contributed by atoms with van der Waals surface area (Å²) >= 11 is 0. The lowest BCUT2D eigenvalue weighted by Crippen LogP contribution is -2.41. The molecule has 0 N–H and O–H groups in total. The van der Waals surface area contributed by atoms with Gasteiger partial charge in [0.1, 0.15) is 19.6 Å². The summed E-state index contributed by atoms with van der Waals surface area (Å²) in [6, 6.07) is 0. The van der Waals surface area contributed by atoms with Crippen LogP contribution in [0.5, 0.6) is 0 Å². The fourth-order valence-electron chi connectivity index (χ4n) is 1.41. The van der Waals surface area contributed by atoms with Crippen molar-refractivity contribution in [1.29, 1.82) is 0 Å². The van der Waals surface area contributed by atoms with E-state index < -0.39 is 0 Å². The van der Waals surface area contributed by atoms with Crippen molar-refractivity contribution in [3.63, 3.8) is 0 Å². The minimum absolute atomic E-state index is 1.12. The van der Waals surface area contributed by atoms with E-state index in [1.807, 2.05) is 0 Å². The van der Waals surface area contributed by atoms with Gasteiger partial charge in [0.15, 0.2) is 0 Å². The van der Waals surface area contributed by atoms with E-state index in [9.17, 15) is 0 Å². The minimum atomic E-state index is 1.12. The molecule has 0 saturated carbocycles. The molecule has 3 fully saturated rings. The van der Waals surface area contributed by atoms with Gasteiger partial charge in [-0.2, -0.15) is 4.90 Å². The van der Waals surface area contributed by atoms with Gasteiger partial charge < -0.3 is 0 Å². The molecule has 0 aromatic heterocycles. The van der Waals surface area contributed by atoms with Gasteiger partial charge >= 0.3 is 0 Å². The summed E-state index contributed by atoms with van der Waals surface area (Å²) in [7, 11) is 0. The van der Waals surface area contributed by atoms with E-state index >= 15 is 0 Å². The molecule has 1 radical (unpaired) electrons. The molecule has 6 heavy (non-hydrogen) atoms. The fraction of sp³-hybridized carbons (Fsp3) is 1.00. The molecule has 33 valence electrons. The maximum atomic E-state index is 2.50. The Morgan fingerprint density at radius 1 is 1.33 bits per heavy atom. The molecule has 0 aromatic carbocycles. The lowest BCUT2D eigenvalue weighted by atomic mass is 10.1. The molecule has 3 aliphatic heterocycles. The standard InChI is InChI=1S/C5H9N/c1-2-6-3-5(1)4-6/h5H,1-4H2/q+1. The van der Waals surface area contributed by atoms with Gasteiger partial charge in [-0.25, -0.2) is 0 Å². The number of hydrogen-bond acceptors (Lipinski definition) is 1. The summed E-state index contributed by atoms with van der Waals surface area (Å²) in [5.74, 6) is 1.12. The summed E-state index contributed by atoms with van der Waals surface area (Å²) in [6.07, 6.45) is 1.49. The van der Waals surface area contributed by atoms with Crippen molar-refractivity contribution in [1.82, 2.24) is 4.90 Å². The van der Waals surface area contributed by atoms with Gasteiger partial charge in [-0.3, -0.25) is 0 Å². The molecule has 0 aliphatic carbocycles. The first-order valence-electron chi connectivity index (χ1n) is 2.67. The second-order valence-corrected chi connectivity index (χ2v) is 2.41. The molecular formula is C5H9N+. The van der Waals surface area contributed by atoms with Crippen LogP contribution in [0.1, 0.15) is 6.42 Å². The zero-order chi connectivity index (χ0) is 3.98. The number of fused-ring (bicyclic) bond motifs is 1. The number of rotatable bonds is 0. The Balaban J connectivity index is 2.16. The van der Waals surface area contributed by atoms with E-state index in [1.54, 1.807) is 0 Å². The van der Waals surface area contributed by atoms with Crippen LogP contribution in [0.2, 0.25) is 0 Å². The Hall–Kier alpha value is -0.0400. The Kier molecular flexibility index (Phi) is 0.396. The molecule has 0 unspecified atom stereocenters. The average molecular weight is 83.1 g/mol. The fourth-order valence-corrected chi connectivity index (χ4v) is 1.41. The Bertz CT molecular complexity index is 50.8. The van der Waals surface area contributed by atoms with E-state index in [-0.39, 0.29) is 0 Å². The first-order chi connectivity index (χ1) is 2.95. The van der Waals surface area contributed by atoms with Crippen LogP contribution in [-0.2, 0) is 0 Å². The smallest absolute Gasteiger partial charge is 0.131 e. The zero-order valence-corrected chi connectivity index (χ0v) is 3.85. The van der Waals surface area contributed by atoms with Gasteiger partial charge in [0.2, 0.25) is 0 Å². The van der Waals surface area contributed by atoms with Crippen LogP contribution in [0.15, 0.2) is 0 Å². The Morgan fingerprint density at radius 2 is 2.17 bits per heavy atom. The predicted octanol–water partition coefficient (Wildman–Crippen LogP) is 0.160. The van der Waals surface area contributed by atoms with Crippen molar-refractivity contribution in [3.05, 3.63) is 0 Å². The van der Waals surface area contributed by atoms with Crippen molar-refractivity contribution >= 4 is 0 Å². The summed E-state index contributed by atoms with van der Waals surface area (Å²) in [4.78, 5) is 2.50. The molecule has 0 spiro atoms. The van der Waals surface area contributed by atoms with Crippen LogP contribution in [0, 0.1) is 5.92 Å². The summed E-state index contributed by atoms with van der Waals surface area (Å²) < 4.78 is 0. The van der Waals surface area contributed by atoms with Crippen molar-refractivity contribution < 1.29 is 0 Å². The average Bonchev–Trinajstić information content (AvgIpc) is 1.72. The van der Waals surface area contributed by atoms with Gasteiger partial charge in [0, 0.05) is 6.42 Å². The molecule has 0 amide bonds. The van der Waals surface area contributed by atoms with Crippen molar-refractivity contribution in [3.8, 4) is 0 Å². The first kappa shape index (κ1) is 3.03. The van der Waals surface area contributed by atoms with Gasteiger partial charge in [-0.05, 0) is 0 Å². The van der Waals surface area contributed by atoms with Crippen molar-refractivity contribution in [2.24, 2.45) is 5.92 Å². The van der Waals surface area contributed by atoms with E-state index in [2.05, 4.69) is 4.90 Å². The third-order valence-corrected chi connectivity index (χ3v) is 1.89. The van der Waals surface area contributed by atoms with Gasteiger partial charge in [0.25, 0.3) is 0 Å². The van der Waals surface area contributed by atoms with Crippen LogP contribution >= 0.6 is 0 Å². The van der Waals surface area contributed by atoms with Gasteiger partial charge in [-0.15, -0.1) is 0 Å². The van der Waals surface area contributed by atoms with Crippen LogP contribution < -0.4 is 4.90 Å². The Morgan fingerprint density at radius 3 is 2.33 bits per heavy atom. The highest BCUT2D eigenvalue weighted by Gasteiger charge is 2.43. The third-order valence-electron chi connectivity index (χ3n) is 1.89. The molecule has 1 nitrogen and oxygen atoms in total. The third kappa shape index (κ3) is 0.207. The molecule has 0 aromatic rings. The highest BCUT2D eigenvalue weighted by molar-refractivity contribution is 4.92. The highest BCUT2D eigenvalue weighted by atomic mass is 15.2. The summed E-state index contributed by atoms with van der Waals surface area (Å²) in [5, 5.41) is 0. The molecule has 3 heterocycles. The topological polar surface area (TPSA) is 5.90 Å². The normalized spacial score (nSPS) is 52.0. The minimum Gasteiger partial charge on any atom is -0.169 e. The van der Waals surface area contributed by atoms with Crippen LogP contribution in [-0.4, -0.2) is 19.6 Å². The second kappa shape index (κ2) is 0.784.